The van der Waals surface area contributed by atoms with E-state index in [9.17, 15) is 0 Å². The molecule has 13 heavy (non-hydrogen) atoms. The lowest BCUT2D eigenvalue weighted by Crippen LogP contribution is -1.91. The van der Waals surface area contributed by atoms with E-state index in [2.05, 4.69) is 41.1 Å². The molecule has 1 unspecified atom stereocenters. The smallest absolute Gasteiger partial charge is 0.0178 e. The van der Waals surface area contributed by atoms with Gasteiger partial charge in [-0.25, -0.2) is 0 Å². The molecule has 0 heterocycles. The Morgan fingerprint density at radius 1 is 1.46 bits per heavy atom. The lowest BCUT2D eigenvalue weighted by molar-refractivity contribution is 0.608. The van der Waals surface area contributed by atoms with Gasteiger partial charge >= 0.3 is 0 Å². The van der Waals surface area contributed by atoms with Crippen molar-refractivity contribution < 1.29 is 0 Å². The maximum Gasteiger partial charge on any atom is 0.0178 e. The molecule has 0 radical (unpaired) electrons. The summed E-state index contributed by atoms with van der Waals surface area (Å²) in [5.74, 6) is 0.841. The second kappa shape index (κ2) is 3.83. The molecule has 0 bridgehead atoms. The van der Waals surface area contributed by atoms with Crippen molar-refractivity contribution in [1.29, 1.82) is 0 Å². The van der Waals surface area contributed by atoms with Gasteiger partial charge < -0.3 is 0 Å². The van der Waals surface area contributed by atoms with Crippen LogP contribution in [0.5, 0.6) is 0 Å². The van der Waals surface area contributed by atoms with Crippen LogP contribution in [0.3, 0.4) is 0 Å². The van der Waals surface area contributed by atoms with Crippen molar-refractivity contribution in [2.24, 2.45) is 0 Å². The van der Waals surface area contributed by atoms with Crippen LogP contribution in [0.4, 0.5) is 0 Å². The number of benzene rings is 1. The summed E-state index contributed by atoms with van der Waals surface area (Å²) >= 11 is 3.52. The maximum atomic E-state index is 3.52. The number of rotatable bonds is 2. The monoisotopic (exact) mass is 238 g/mol. The van der Waals surface area contributed by atoms with E-state index in [1.54, 1.807) is 11.1 Å². The lowest BCUT2D eigenvalue weighted by atomic mass is 9.97. The van der Waals surface area contributed by atoms with Crippen molar-refractivity contribution in [3.63, 3.8) is 0 Å². The standard InChI is InChI=1S/C12H15Br/c1-2-3-9-4-5-10-8-11(13)6-7-12(9)10/h6-9H,2-5H2,1H3. The second-order valence-electron chi connectivity index (χ2n) is 3.87. The highest BCUT2D eigenvalue weighted by Gasteiger charge is 2.21. The van der Waals surface area contributed by atoms with Gasteiger partial charge in [-0.3, -0.25) is 0 Å². The first-order valence-electron chi connectivity index (χ1n) is 5.09. The quantitative estimate of drug-likeness (QED) is 0.722. The van der Waals surface area contributed by atoms with Gasteiger partial charge in [-0.2, -0.15) is 0 Å². The fourth-order valence-electron chi connectivity index (χ4n) is 2.32. The van der Waals surface area contributed by atoms with Gasteiger partial charge in [0.15, 0.2) is 0 Å². The van der Waals surface area contributed by atoms with Gasteiger partial charge in [0.05, 0.1) is 0 Å². The summed E-state index contributed by atoms with van der Waals surface area (Å²) in [6.07, 6.45) is 5.30. The molecule has 1 atom stereocenters. The predicted molar refractivity (Wildman–Crippen MR) is 60.1 cm³/mol. The second-order valence-corrected chi connectivity index (χ2v) is 4.78. The van der Waals surface area contributed by atoms with Crippen LogP contribution < -0.4 is 0 Å². The highest BCUT2D eigenvalue weighted by atomic mass is 79.9. The first-order valence-corrected chi connectivity index (χ1v) is 5.89. The number of aryl methyl sites for hydroxylation is 1. The largest absolute Gasteiger partial charge is 0.0654 e. The van der Waals surface area contributed by atoms with E-state index in [0.717, 1.165) is 5.92 Å². The van der Waals surface area contributed by atoms with E-state index in [0.29, 0.717) is 0 Å². The van der Waals surface area contributed by atoms with Crippen LogP contribution in [0.1, 0.15) is 43.2 Å². The van der Waals surface area contributed by atoms with Crippen molar-refractivity contribution in [2.75, 3.05) is 0 Å². The molecule has 0 amide bonds. The topological polar surface area (TPSA) is 0 Å². The average molecular weight is 239 g/mol. The molecule has 1 aliphatic carbocycles. The summed E-state index contributed by atoms with van der Waals surface area (Å²) < 4.78 is 1.23. The van der Waals surface area contributed by atoms with Crippen LogP contribution in [0.25, 0.3) is 0 Å². The maximum absolute atomic E-state index is 3.52. The molecule has 0 fully saturated rings. The van der Waals surface area contributed by atoms with Crippen LogP contribution in [0, 0.1) is 0 Å². The normalized spacial score (nSPS) is 20.3. The molecule has 0 saturated heterocycles. The van der Waals surface area contributed by atoms with Crippen molar-refractivity contribution >= 4 is 15.9 Å². The van der Waals surface area contributed by atoms with E-state index in [1.807, 2.05) is 0 Å². The molecule has 0 nitrogen and oxygen atoms in total. The Labute approximate surface area is 88.5 Å². The highest BCUT2D eigenvalue weighted by Crippen LogP contribution is 2.37. The third-order valence-electron chi connectivity index (χ3n) is 2.94. The zero-order chi connectivity index (χ0) is 9.26. The Morgan fingerprint density at radius 3 is 3.08 bits per heavy atom. The van der Waals surface area contributed by atoms with E-state index in [1.165, 1.54) is 30.2 Å². The Balaban J connectivity index is 2.27. The molecule has 0 N–H and O–H groups in total. The van der Waals surface area contributed by atoms with Crippen LogP contribution in [0.15, 0.2) is 22.7 Å². The Hall–Kier alpha value is -0.300. The van der Waals surface area contributed by atoms with Gasteiger partial charge in [-0.1, -0.05) is 35.3 Å². The summed E-state index contributed by atoms with van der Waals surface area (Å²) in [6.45, 7) is 2.27. The number of hydrogen-bond acceptors (Lipinski definition) is 0. The van der Waals surface area contributed by atoms with Gasteiger partial charge in [0.2, 0.25) is 0 Å². The molecule has 1 aromatic carbocycles. The highest BCUT2D eigenvalue weighted by molar-refractivity contribution is 9.10. The predicted octanol–water partition coefficient (Wildman–Crippen LogP) is 4.28. The van der Waals surface area contributed by atoms with E-state index >= 15 is 0 Å². The molecule has 0 spiro atoms. The molecule has 0 saturated carbocycles. The Bertz CT molecular complexity index is 304. The minimum absolute atomic E-state index is 0.841. The zero-order valence-electron chi connectivity index (χ0n) is 8.02. The van der Waals surface area contributed by atoms with E-state index in [4.69, 9.17) is 0 Å². The first kappa shape index (κ1) is 9.26. The SMILES string of the molecule is CCCC1CCc2cc(Br)ccc21. The van der Waals surface area contributed by atoms with E-state index < -0.39 is 0 Å². The number of hydrogen-bond donors (Lipinski definition) is 0. The summed E-state index contributed by atoms with van der Waals surface area (Å²) in [4.78, 5) is 0. The number of fused-ring (bicyclic) bond motifs is 1. The minimum atomic E-state index is 0.841. The third-order valence-corrected chi connectivity index (χ3v) is 3.44. The summed E-state index contributed by atoms with van der Waals surface area (Å²) in [5.41, 5.74) is 3.16. The van der Waals surface area contributed by atoms with Crippen LogP contribution >= 0.6 is 15.9 Å². The van der Waals surface area contributed by atoms with Crippen molar-refractivity contribution in [3.05, 3.63) is 33.8 Å². The molecule has 1 heteroatoms. The average Bonchev–Trinajstić information content (AvgIpc) is 2.49. The molecule has 2 rings (SSSR count). The summed E-state index contributed by atoms with van der Waals surface area (Å²) in [7, 11) is 0. The van der Waals surface area contributed by atoms with Crippen molar-refractivity contribution in [2.45, 2.75) is 38.5 Å². The van der Waals surface area contributed by atoms with Crippen LogP contribution in [0.2, 0.25) is 0 Å². The first-order chi connectivity index (χ1) is 6.31. The minimum Gasteiger partial charge on any atom is -0.0654 e. The van der Waals surface area contributed by atoms with Crippen molar-refractivity contribution in [1.82, 2.24) is 0 Å². The van der Waals surface area contributed by atoms with Crippen molar-refractivity contribution in [3.8, 4) is 0 Å². The molecule has 0 aliphatic heterocycles. The third kappa shape index (κ3) is 1.80. The molecular formula is C12H15Br. The lowest BCUT2D eigenvalue weighted by Gasteiger charge is -2.09. The fourth-order valence-corrected chi connectivity index (χ4v) is 2.73. The van der Waals surface area contributed by atoms with Crippen LogP contribution in [-0.2, 0) is 6.42 Å². The molecule has 0 aromatic heterocycles. The van der Waals surface area contributed by atoms with Gasteiger partial charge in [-0.05, 0) is 48.4 Å². The fraction of sp³-hybridized carbons (Fsp3) is 0.500. The van der Waals surface area contributed by atoms with Gasteiger partial charge in [-0.15, -0.1) is 0 Å². The van der Waals surface area contributed by atoms with E-state index in [-0.39, 0.29) is 0 Å². The zero-order valence-corrected chi connectivity index (χ0v) is 9.60. The Morgan fingerprint density at radius 2 is 2.31 bits per heavy atom. The Kier molecular flexibility index (Phi) is 2.73. The number of halogens is 1. The molecule has 1 aromatic rings. The summed E-state index contributed by atoms with van der Waals surface area (Å²) in [6, 6.07) is 6.75. The van der Waals surface area contributed by atoms with Gasteiger partial charge in [0, 0.05) is 4.47 Å². The summed E-state index contributed by atoms with van der Waals surface area (Å²) in [5, 5.41) is 0. The van der Waals surface area contributed by atoms with Gasteiger partial charge in [0.1, 0.15) is 0 Å². The molecule has 1 aliphatic rings. The molecule has 70 valence electrons. The van der Waals surface area contributed by atoms with Crippen LogP contribution in [-0.4, -0.2) is 0 Å². The molecular weight excluding hydrogens is 224 g/mol. The van der Waals surface area contributed by atoms with Gasteiger partial charge in [0.25, 0.3) is 0 Å².